The quantitative estimate of drug-likeness (QED) is 0.345. The highest BCUT2D eigenvalue weighted by atomic mass is 19.4. The second-order valence-electron chi connectivity index (χ2n) is 11.9. The van der Waals surface area contributed by atoms with Crippen LogP contribution in [0.1, 0.15) is 60.5 Å². The van der Waals surface area contributed by atoms with Gasteiger partial charge in [-0.05, 0) is 67.5 Å². The Morgan fingerprint density at radius 2 is 1.59 bits per heavy atom. The predicted molar refractivity (Wildman–Crippen MR) is 146 cm³/mol. The molecule has 0 aliphatic carbocycles. The van der Waals surface area contributed by atoms with Crippen molar-refractivity contribution in [2.45, 2.75) is 50.6 Å². The van der Waals surface area contributed by atoms with Crippen molar-refractivity contribution >= 4 is 11.9 Å². The van der Waals surface area contributed by atoms with Gasteiger partial charge < -0.3 is 19.4 Å². The van der Waals surface area contributed by atoms with E-state index >= 15 is 0 Å². The zero-order valence-electron chi connectivity index (χ0n) is 24.3. The molecule has 13 heteroatoms. The Morgan fingerprint density at radius 1 is 0.932 bits per heavy atom. The number of carbonyl (C=O) groups excluding carboxylic acids is 2. The fraction of sp³-hybridized carbons (Fsp3) is 0.548. The summed E-state index contributed by atoms with van der Waals surface area (Å²) in [7, 11) is 1.31. The lowest BCUT2D eigenvalue weighted by molar-refractivity contribution is -0.143. The second kappa shape index (κ2) is 12.2. The Balaban J connectivity index is 1.43. The highest BCUT2D eigenvalue weighted by Gasteiger charge is 2.49. The molecule has 6 nitrogen and oxygen atoms in total. The minimum Gasteiger partial charge on any atom is -0.381 e. The number of amides is 3. The minimum absolute atomic E-state index is 0.0335. The third-order valence-electron chi connectivity index (χ3n) is 9.33. The summed E-state index contributed by atoms with van der Waals surface area (Å²) in [5.74, 6) is -0.750. The predicted octanol–water partition coefficient (Wildman–Crippen LogP) is 6.92. The molecular weight excluding hydrogens is 595 g/mol. The maximum atomic E-state index is 14.0. The van der Waals surface area contributed by atoms with Gasteiger partial charge in [0.15, 0.2) is 0 Å². The molecule has 2 aromatic rings. The molecule has 3 amide bonds. The molecule has 0 bridgehead atoms. The van der Waals surface area contributed by atoms with E-state index < -0.39 is 53.0 Å². The highest BCUT2D eigenvalue weighted by Crippen LogP contribution is 2.46. The molecule has 2 unspecified atom stereocenters. The summed E-state index contributed by atoms with van der Waals surface area (Å²) in [6.07, 6.45) is -8.26. The Hall–Kier alpha value is -3.35. The standard InChI is InChI=1S/C31H34F7N3O3/c1-18(24-8-5-22(30(33,34)35)15-26(24)31(36,37)38)39(2)29(43)41-12-9-21-16-40(28(42)20-10-13-44-14-11-20)17-25(21)27(41)19-3-6-23(32)7-4-19/h3-8,15,18,20-21,25,27H,9-14,16-17H2,1-2H3/t18?,21?,25-,27+/m1/s1. The zero-order valence-corrected chi connectivity index (χ0v) is 24.3. The van der Waals surface area contributed by atoms with E-state index in [-0.39, 0.29) is 36.3 Å². The third-order valence-corrected chi connectivity index (χ3v) is 9.33. The summed E-state index contributed by atoms with van der Waals surface area (Å²) in [5, 5.41) is 0. The van der Waals surface area contributed by atoms with Crippen LogP contribution in [0.25, 0.3) is 0 Å². The topological polar surface area (TPSA) is 53.1 Å². The molecule has 240 valence electrons. The normalized spacial score (nSPS) is 23.8. The van der Waals surface area contributed by atoms with Crippen molar-refractivity contribution in [3.63, 3.8) is 0 Å². The summed E-state index contributed by atoms with van der Waals surface area (Å²) in [4.78, 5) is 31.8. The number of nitrogens with zero attached hydrogens (tertiary/aromatic N) is 3. The van der Waals surface area contributed by atoms with Crippen LogP contribution in [0.4, 0.5) is 35.5 Å². The van der Waals surface area contributed by atoms with Crippen LogP contribution in [0.5, 0.6) is 0 Å². The lowest BCUT2D eigenvalue weighted by Crippen LogP contribution is -2.51. The van der Waals surface area contributed by atoms with Crippen LogP contribution >= 0.6 is 0 Å². The second-order valence-corrected chi connectivity index (χ2v) is 11.9. The van der Waals surface area contributed by atoms with Crippen molar-refractivity contribution in [2.24, 2.45) is 17.8 Å². The van der Waals surface area contributed by atoms with E-state index in [2.05, 4.69) is 0 Å². The van der Waals surface area contributed by atoms with Gasteiger partial charge in [0.1, 0.15) is 5.82 Å². The summed E-state index contributed by atoms with van der Waals surface area (Å²) in [6, 6.07) is 4.63. The first-order chi connectivity index (χ1) is 20.7. The number of carbonyl (C=O) groups is 2. The number of hydrogen-bond donors (Lipinski definition) is 0. The molecule has 0 radical (unpaired) electrons. The number of alkyl halides is 6. The summed E-state index contributed by atoms with van der Waals surface area (Å²) >= 11 is 0. The molecule has 5 rings (SSSR count). The maximum absolute atomic E-state index is 14.0. The number of halogens is 7. The molecule has 3 aliphatic rings. The first-order valence-electron chi connectivity index (χ1n) is 14.6. The molecule has 3 aliphatic heterocycles. The van der Waals surface area contributed by atoms with Crippen LogP contribution in [0.15, 0.2) is 42.5 Å². The highest BCUT2D eigenvalue weighted by molar-refractivity contribution is 5.79. The lowest BCUT2D eigenvalue weighted by Gasteiger charge is -2.45. The van der Waals surface area contributed by atoms with Crippen LogP contribution in [0.3, 0.4) is 0 Å². The molecule has 44 heavy (non-hydrogen) atoms. The number of rotatable bonds is 4. The number of piperidine rings is 1. The maximum Gasteiger partial charge on any atom is 0.416 e. The zero-order chi connectivity index (χ0) is 32.0. The van der Waals surface area contributed by atoms with E-state index in [1.54, 1.807) is 12.1 Å². The SMILES string of the molecule is CC(c1ccc(C(F)(F)F)cc1C(F)(F)F)N(C)C(=O)N1CCC2CN(C(=O)C3CCOCC3)C[C@H]2[C@@H]1c1ccc(F)cc1. The van der Waals surface area contributed by atoms with E-state index in [4.69, 9.17) is 4.74 Å². The third kappa shape index (κ3) is 6.38. The number of hydrogen-bond acceptors (Lipinski definition) is 3. The first kappa shape index (κ1) is 32.1. The molecular formula is C31H34F7N3O3. The first-order valence-corrected chi connectivity index (χ1v) is 14.6. The van der Waals surface area contributed by atoms with Crippen LogP contribution in [0.2, 0.25) is 0 Å². The van der Waals surface area contributed by atoms with Crippen molar-refractivity contribution in [1.82, 2.24) is 14.7 Å². The molecule has 0 spiro atoms. The van der Waals surface area contributed by atoms with Crippen molar-refractivity contribution < 1.29 is 45.1 Å². The average Bonchev–Trinajstić information content (AvgIpc) is 3.43. The molecule has 0 N–H and O–H groups in total. The molecule has 0 aromatic heterocycles. The smallest absolute Gasteiger partial charge is 0.381 e. The van der Waals surface area contributed by atoms with Gasteiger partial charge in [-0.1, -0.05) is 18.2 Å². The van der Waals surface area contributed by atoms with Crippen molar-refractivity contribution in [3.8, 4) is 0 Å². The van der Waals surface area contributed by atoms with Crippen LogP contribution in [0, 0.1) is 23.6 Å². The van der Waals surface area contributed by atoms with Crippen molar-refractivity contribution in [2.75, 3.05) is 39.9 Å². The molecule has 3 fully saturated rings. The summed E-state index contributed by atoms with van der Waals surface area (Å²) in [5.41, 5.74) is -2.74. The Labute approximate surface area is 250 Å². The van der Waals surface area contributed by atoms with E-state index in [1.807, 2.05) is 4.90 Å². The molecule has 4 atom stereocenters. The van der Waals surface area contributed by atoms with Gasteiger partial charge in [-0.25, -0.2) is 9.18 Å². The van der Waals surface area contributed by atoms with Crippen LogP contribution in [-0.4, -0.2) is 66.5 Å². The molecule has 3 saturated heterocycles. The number of urea groups is 1. The van der Waals surface area contributed by atoms with Gasteiger partial charge in [0.25, 0.3) is 0 Å². The molecule has 3 heterocycles. The number of ether oxygens (including phenoxy) is 1. The summed E-state index contributed by atoms with van der Waals surface area (Å²) in [6.45, 7) is 3.46. The van der Waals surface area contributed by atoms with E-state index in [0.29, 0.717) is 57.2 Å². The Kier molecular flexibility index (Phi) is 8.90. The van der Waals surface area contributed by atoms with Crippen molar-refractivity contribution in [1.29, 1.82) is 0 Å². The van der Waals surface area contributed by atoms with Gasteiger partial charge in [-0.3, -0.25) is 4.79 Å². The van der Waals surface area contributed by atoms with Crippen LogP contribution < -0.4 is 0 Å². The van der Waals surface area contributed by atoms with Gasteiger partial charge in [0.2, 0.25) is 5.91 Å². The average molecular weight is 630 g/mol. The van der Waals surface area contributed by atoms with Gasteiger partial charge in [-0.15, -0.1) is 0 Å². The van der Waals surface area contributed by atoms with Gasteiger partial charge in [-0.2, -0.15) is 26.3 Å². The Bertz CT molecular complexity index is 1360. The van der Waals surface area contributed by atoms with Gasteiger partial charge in [0, 0.05) is 51.7 Å². The monoisotopic (exact) mass is 629 g/mol. The largest absolute Gasteiger partial charge is 0.416 e. The number of likely N-dealkylation sites (tertiary alicyclic amines) is 2. The minimum atomic E-state index is -5.09. The fourth-order valence-electron chi connectivity index (χ4n) is 6.84. The molecule has 2 aromatic carbocycles. The van der Waals surface area contributed by atoms with Gasteiger partial charge in [0.05, 0.1) is 23.2 Å². The summed E-state index contributed by atoms with van der Waals surface area (Å²) < 4.78 is 101. The van der Waals surface area contributed by atoms with E-state index in [1.165, 1.54) is 31.0 Å². The van der Waals surface area contributed by atoms with Crippen LogP contribution in [-0.2, 0) is 21.9 Å². The van der Waals surface area contributed by atoms with Gasteiger partial charge >= 0.3 is 18.4 Å². The van der Waals surface area contributed by atoms with E-state index in [0.717, 1.165) is 11.0 Å². The molecule has 0 saturated carbocycles. The number of fused-ring (bicyclic) bond motifs is 1. The Morgan fingerprint density at radius 3 is 2.20 bits per heavy atom. The van der Waals surface area contributed by atoms with E-state index in [9.17, 15) is 40.3 Å². The fourth-order valence-corrected chi connectivity index (χ4v) is 6.84. The van der Waals surface area contributed by atoms with Crippen molar-refractivity contribution in [3.05, 3.63) is 70.5 Å². The lowest BCUT2D eigenvalue weighted by atomic mass is 9.79. The number of benzene rings is 2.